The number of thioether (sulfide) groups is 1. The lowest BCUT2D eigenvalue weighted by molar-refractivity contribution is -0.119. The van der Waals surface area contributed by atoms with Gasteiger partial charge in [0.05, 0.1) is 11.3 Å². The molecule has 38 heavy (non-hydrogen) atoms. The number of Topliss-reactive ketones (excluding diaryl/α,β-unsaturated/α-hetero) is 1. The minimum atomic E-state index is -0.307. The van der Waals surface area contributed by atoms with Gasteiger partial charge in [-0.2, -0.15) is 0 Å². The summed E-state index contributed by atoms with van der Waals surface area (Å²) in [4.78, 5) is 25.6. The third kappa shape index (κ3) is 5.84. The Hall–Kier alpha value is -2.63. The molecule has 0 bridgehead atoms. The Morgan fingerprint density at radius 3 is 2.45 bits per heavy atom. The van der Waals surface area contributed by atoms with E-state index in [4.69, 9.17) is 16.3 Å². The fourth-order valence-electron chi connectivity index (χ4n) is 5.93. The van der Waals surface area contributed by atoms with Gasteiger partial charge in [-0.3, -0.25) is 4.79 Å². The Balaban J connectivity index is 1.22. The number of ether oxygens (including phenoxy) is 1. The smallest absolute Gasteiger partial charge is 0.338 e. The molecule has 1 heterocycles. The summed E-state index contributed by atoms with van der Waals surface area (Å²) >= 11 is 7.73. The quantitative estimate of drug-likeness (QED) is 0.266. The molecular weight excluding hydrogens is 519 g/mol. The molecule has 1 saturated carbocycles. The van der Waals surface area contributed by atoms with E-state index >= 15 is 0 Å². The number of hydrogen-bond acceptors (Lipinski definition) is 4. The van der Waals surface area contributed by atoms with Crippen LogP contribution in [0.15, 0.2) is 66.7 Å². The van der Waals surface area contributed by atoms with E-state index in [-0.39, 0.29) is 34.2 Å². The minimum Gasteiger partial charge on any atom is -0.461 e. The maximum absolute atomic E-state index is 13.4. The lowest BCUT2D eigenvalue weighted by atomic mass is 9.80. The van der Waals surface area contributed by atoms with Crippen molar-refractivity contribution in [1.29, 1.82) is 0 Å². The van der Waals surface area contributed by atoms with Crippen LogP contribution in [0.1, 0.15) is 70.0 Å². The molecule has 2 unspecified atom stereocenters. The Bertz CT molecular complexity index is 1300. The number of rotatable bonds is 8. The van der Waals surface area contributed by atoms with E-state index in [0.717, 1.165) is 55.2 Å². The van der Waals surface area contributed by atoms with Gasteiger partial charge in [0.15, 0.2) is 0 Å². The molecular formula is C32H32ClFO3S. The average Bonchev–Trinajstić information content (AvgIpc) is 3.55. The van der Waals surface area contributed by atoms with Crippen molar-refractivity contribution in [3.8, 4) is 0 Å². The van der Waals surface area contributed by atoms with E-state index in [2.05, 4.69) is 12.1 Å². The largest absolute Gasteiger partial charge is 0.461 e. The highest BCUT2D eigenvalue weighted by Gasteiger charge is 2.38. The average molecular weight is 551 g/mol. The van der Waals surface area contributed by atoms with Crippen molar-refractivity contribution in [1.82, 2.24) is 0 Å². The SMILES string of the molecule is Cc1cc(C(=O)OCC2(c3ccc(Cl)cc3)CCCC2)ccc1CCC1C(=O)CSC1c1ccc(F)cc1. The number of halogens is 2. The molecule has 0 amide bonds. The van der Waals surface area contributed by atoms with Crippen LogP contribution in [0.3, 0.4) is 0 Å². The molecule has 5 rings (SSSR count). The van der Waals surface area contributed by atoms with Crippen molar-refractivity contribution in [2.45, 2.75) is 56.1 Å². The Morgan fingerprint density at radius 1 is 1.05 bits per heavy atom. The molecule has 6 heteroatoms. The topological polar surface area (TPSA) is 43.4 Å². The maximum atomic E-state index is 13.4. The molecule has 3 aromatic rings. The van der Waals surface area contributed by atoms with Crippen LogP contribution in [0.4, 0.5) is 4.39 Å². The van der Waals surface area contributed by atoms with E-state index < -0.39 is 0 Å². The van der Waals surface area contributed by atoms with E-state index in [1.807, 2.05) is 37.3 Å². The Labute approximate surface area is 233 Å². The van der Waals surface area contributed by atoms with Crippen LogP contribution in [0.25, 0.3) is 0 Å². The van der Waals surface area contributed by atoms with Gasteiger partial charge >= 0.3 is 5.97 Å². The number of carbonyl (C=O) groups is 2. The van der Waals surface area contributed by atoms with Gasteiger partial charge in [-0.15, -0.1) is 11.8 Å². The van der Waals surface area contributed by atoms with Crippen LogP contribution in [0.2, 0.25) is 5.02 Å². The van der Waals surface area contributed by atoms with Crippen molar-refractivity contribution >= 4 is 35.1 Å². The zero-order valence-electron chi connectivity index (χ0n) is 21.6. The second kappa shape index (κ2) is 11.6. The van der Waals surface area contributed by atoms with E-state index in [1.165, 1.54) is 17.7 Å². The monoisotopic (exact) mass is 550 g/mol. The zero-order chi connectivity index (χ0) is 26.7. The van der Waals surface area contributed by atoms with Crippen LogP contribution in [-0.2, 0) is 21.4 Å². The van der Waals surface area contributed by atoms with Crippen molar-refractivity contribution in [3.05, 3.63) is 105 Å². The van der Waals surface area contributed by atoms with Gasteiger partial charge in [0.1, 0.15) is 18.2 Å². The molecule has 3 aromatic carbocycles. The van der Waals surface area contributed by atoms with Crippen LogP contribution in [-0.4, -0.2) is 24.1 Å². The fraction of sp³-hybridized carbons (Fsp3) is 0.375. The summed E-state index contributed by atoms with van der Waals surface area (Å²) in [5, 5.41) is 0.762. The molecule has 3 nitrogen and oxygen atoms in total. The molecule has 2 aliphatic rings. The molecule has 1 saturated heterocycles. The Morgan fingerprint density at radius 2 is 1.76 bits per heavy atom. The van der Waals surface area contributed by atoms with Gasteiger partial charge in [0, 0.05) is 21.6 Å². The third-order valence-electron chi connectivity index (χ3n) is 8.18. The van der Waals surface area contributed by atoms with Gasteiger partial charge in [-0.25, -0.2) is 9.18 Å². The Kier molecular flexibility index (Phi) is 8.25. The molecule has 0 radical (unpaired) electrons. The van der Waals surface area contributed by atoms with Gasteiger partial charge in [-0.05, 0) is 91.3 Å². The van der Waals surface area contributed by atoms with Crippen LogP contribution in [0.5, 0.6) is 0 Å². The van der Waals surface area contributed by atoms with Crippen molar-refractivity contribution in [2.75, 3.05) is 12.4 Å². The second-order valence-electron chi connectivity index (χ2n) is 10.6. The van der Waals surface area contributed by atoms with E-state index in [0.29, 0.717) is 22.9 Å². The normalized spacial score (nSPS) is 20.6. The maximum Gasteiger partial charge on any atom is 0.338 e. The molecule has 198 valence electrons. The number of aryl methyl sites for hydroxylation is 2. The lowest BCUT2D eigenvalue weighted by Gasteiger charge is -2.29. The number of esters is 1. The highest BCUT2D eigenvalue weighted by atomic mass is 35.5. The molecule has 2 fully saturated rings. The standard InChI is InChI=1S/C32H32ClFO3S/c1-21-18-24(31(36)37-20-32(16-2-3-17-32)25-9-11-26(33)12-10-25)5-4-22(21)8-15-28-29(35)19-38-30(28)23-6-13-27(34)14-7-23/h4-7,9-14,18,28,30H,2-3,8,15-17,19-20H2,1H3. The van der Waals surface area contributed by atoms with Gasteiger partial charge in [0.25, 0.3) is 0 Å². The predicted molar refractivity (Wildman–Crippen MR) is 151 cm³/mol. The molecule has 2 atom stereocenters. The fourth-order valence-corrected chi connectivity index (χ4v) is 7.48. The summed E-state index contributed by atoms with van der Waals surface area (Å²) < 4.78 is 19.3. The zero-order valence-corrected chi connectivity index (χ0v) is 23.1. The summed E-state index contributed by atoms with van der Waals surface area (Å²) in [5.41, 5.74) is 4.72. The van der Waals surface area contributed by atoms with Gasteiger partial charge in [-0.1, -0.05) is 54.8 Å². The van der Waals surface area contributed by atoms with E-state index in [1.54, 1.807) is 23.9 Å². The van der Waals surface area contributed by atoms with Crippen LogP contribution < -0.4 is 0 Å². The molecule has 0 aromatic heterocycles. The molecule has 0 N–H and O–H groups in total. The van der Waals surface area contributed by atoms with Gasteiger partial charge < -0.3 is 4.74 Å². The second-order valence-corrected chi connectivity index (χ2v) is 12.2. The summed E-state index contributed by atoms with van der Waals surface area (Å²) in [6.07, 6.45) is 5.71. The summed E-state index contributed by atoms with van der Waals surface area (Å²) in [6.45, 7) is 2.36. The molecule has 0 spiro atoms. The van der Waals surface area contributed by atoms with Crippen LogP contribution >= 0.6 is 23.4 Å². The van der Waals surface area contributed by atoms with Crippen LogP contribution in [0, 0.1) is 18.7 Å². The van der Waals surface area contributed by atoms with Gasteiger partial charge in [0.2, 0.25) is 0 Å². The third-order valence-corrected chi connectivity index (χ3v) is 9.85. The van der Waals surface area contributed by atoms with Crippen molar-refractivity contribution < 1.29 is 18.7 Å². The predicted octanol–water partition coefficient (Wildman–Crippen LogP) is 8.06. The highest BCUT2D eigenvalue weighted by Crippen LogP contribution is 2.45. The summed E-state index contributed by atoms with van der Waals surface area (Å²) in [6, 6.07) is 20.1. The first-order chi connectivity index (χ1) is 18.3. The van der Waals surface area contributed by atoms with E-state index in [9.17, 15) is 14.0 Å². The first-order valence-corrected chi connectivity index (χ1v) is 14.7. The first kappa shape index (κ1) is 27.0. The van der Waals surface area contributed by atoms with Crippen molar-refractivity contribution in [3.63, 3.8) is 0 Å². The number of ketones is 1. The number of carbonyl (C=O) groups excluding carboxylic acids is 2. The minimum absolute atomic E-state index is 0.0567. The molecule has 1 aliphatic heterocycles. The number of hydrogen-bond donors (Lipinski definition) is 0. The molecule has 1 aliphatic carbocycles. The lowest BCUT2D eigenvalue weighted by Crippen LogP contribution is -2.30. The number of benzene rings is 3. The summed E-state index contributed by atoms with van der Waals surface area (Å²) in [5.74, 6) is 0.0816. The van der Waals surface area contributed by atoms with Crippen molar-refractivity contribution in [2.24, 2.45) is 5.92 Å². The highest BCUT2D eigenvalue weighted by molar-refractivity contribution is 8.00. The summed E-state index contributed by atoms with van der Waals surface area (Å²) in [7, 11) is 0. The first-order valence-electron chi connectivity index (χ1n) is 13.3.